The number of nitrogens with one attached hydrogen (secondary N) is 1. The van der Waals surface area contributed by atoms with Crippen molar-refractivity contribution in [1.82, 2.24) is 4.98 Å². The number of benzene rings is 2. The molecule has 3 rings (SSSR count). The first-order chi connectivity index (χ1) is 13.3. The SMILES string of the molecule is Cc1cc(C(=O)OCC(=O)Nc2ccc(C)c([N+](=O)[O-])c2)c2ccccc2n1. The van der Waals surface area contributed by atoms with Gasteiger partial charge in [-0.05, 0) is 32.0 Å². The van der Waals surface area contributed by atoms with Crippen molar-refractivity contribution in [2.24, 2.45) is 0 Å². The van der Waals surface area contributed by atoms with Crippen molar-refractivity contribution < 1.29 is 19.2 Å². The normalized spacial score (nSPS) is 10.5. The molecule has 2 aromatic carbocycles. The maximum Gasteiger partial charge on any atom is 0.339 e. The average Bonchev–Trinajstić information content (AvgIpc) is 2.66. The number of nitrogens with zero attached hydrogens (tertiary/aromatic N) is 2. The van der Waals surface area contributed by atoms with Crippen molar-refractivity contribution in [3.05, 3.63) is 75.5 Å². The number of aryl methyl sites for hydroxylation is 2. The Morgan fingerprint density at radius 3 is 2.64 bits per heavy atom. The zero-order chi connectivity index (χ0) is 20.3. The lowest BCUT2D eigenvalue weighted by atomic mass is 10.1. The molecule has 28 heavy (non-hydrogen) atoms. The zero-order valence-electron chi connectivity index (χ0n) is 15.3. The van der Waals surface area contributed by atoms with Crippen molar-refractivity contribution in [3.63, 3.8) is 0 Å². The third kappa shape index (κ3) is 4.12. The van der Waals surface area contributed by atoms with E-state index >= 15 is 0 Å². The summed E-state index contributed by atoms with van der Waals surface area (Å²) >= 11 is 0. The Labute approximate surface area is 160 Å². The predicted octanol–water partition coefficient (Wildman–Crippen LogP) is 3.56. The van der Waals surface area contributed by atoms with E-state index in [0.29, 0.717) is 27.7 Å². The van der Waals surface area contributed by atoms with Crippen LogP contribution in [0, 0.1) is 24.0 Å². The van der Waals surface area contributed by atoms with Gasteiger partial charge in [-0.2, -0.15) is 0 Å². The standard InChI is InChI=1S/C20H17N3O5/c1-12-7-8-14(10-18(12)23(26)27)22-19(24)11-28-20(25)16-9-13(2)21-17-6-4-3-5-15(16)17/h3-10H,11H2,1-2H3,(H,22,24). The number of esters is 1. The number of carbonyl (C=O) groups excluding carboxylic acids is 2. The monoisotopic (exact) mass is 379 g/mol. The number of fused-ring (bicyclic) bond motifs is 1. The Bertz CT molecular complexity index is 1090. The quantitative estimate of drug-likeness (QED) is 0.412. The molecule has 1 amide bonds. The summed E-state index contributed by atoms with van der Waals surface area (Å²) in [6.07, 6.45) is 0. The van der Waals surface area contributed by atoms with Crippen LogP contribution < -0.4 is 5.32 Å². The summed E-state index contributed by atoms with van der Waals surface area (Å²) in [4.78, 5) is 39.3. The molecule has 0 fully saturated rings. The fourth-order valence-electron chi connectivity index (χ4n) is 2.77. The minimum atomic E-state index is -0.647. The molecule has 0 aliphatic carbocycles. The van der Waals surface area contributed by atoms with Crippen molar-refractivity contribution in [2.45, 2.75) is 13.8 Å². The lowest BCUT2D eigenvalue weighted by molar-refractivity contribution is -0.385. The van der Waals surface area contributed by atoms with E-state index in [2.05, 4.69) is 10.3 Å². The highest BCUT2D eigenvalue weighted by Gasteiger charge is 2.16. The number of para-hydroxylation sites is 1. The molecule has 0 saturated carbocycles. The number of ether oxygens (including phenoxy) is 1. The van der Waals surface area contributed by atoms with Crippen LogP contribution in [0.3, 0.4) is 0 Å². The molecule has 1 aromatic heterocycles. The second-order valence-corrected chi connectivity index (χ2v) is 6.21. The molecule has 0 radical (unpaired) electrons. The molecule has 0 aliphatic heterocycles. The van der Waals surface area contributed by atoms with Gasteiger partial charge in [0.25, 0.3) is 11.6 Å². The molecular formula is C20H17N3O5. The topological polar surface area (TPSA) is 111 Å². The number of amides is 1. The maximum absolute atomic E-state index is 12.4. The van der Waals surface area contributed by atoms with Crippen molar-refractivity contribution in [1.29, 1.82) is 0 Å². The number of hydrogen-bond donors (Lipinski definition) is 1. The van der Waals surface area contributed by atoms with Crippen LogP contribution in [-0.4, -0.2) is 28.4 Å². The number of rotatable bonds is 5. The number of carbonyl (C=O) groups is 2. The lowest BCUT2D eigenvalue weighted by Crippen LogP contribution is -2.21. The number of nitro benzene ring substituents is 1. The maximum atomic E-state index is 12.4. The Kier molecular flexibility index (Phi) is 5.30. The summed E-state index contributed by atoms with van der Waals surface area (Å²) in [5.41, 5.74) is 2.27. The minimum Gasteiger partial charge on any atom is -0.452 e. The van der Waals surface area contributed by atoms with Crippen molar-refractivity contribution in [3.8, 4) is 0 Å². The second kappa shape index (κ2) is 7.83. The summed E-state index contributed by atoms with van der Waals surface area (Å²) in [6.45, 7) is 2.85. The van der Waals surface area contributed by atoms with Gasteiger partial charge in [-0.1, -0.05) is 24.3 Å². The predicted molar refractivity (Wildman–Crippen MR) is 103 cm³/mol. The molecule has 8 heteroatoms. The molecule has 0 spiro atoms. The van der Waals surface area contributed by atoms with E-state index in [0.717, 1.165) is 0 Å². The Morgan fingerprint density at radius 1 is 1.14 bits per heavy atom. The number of aromatic nitrogens is 1. The third-order valence-corrected chi connectivity index (χ3v) is 4.09. The highest BCUT2D eigenvalue weighted by atomic mass is 16.6. The minimum absolute atomic E-state index is 0.103. The molecule has 142 valence electrons. The van der Waals surface area contributed by atoms with Gasteiger partial charge in [0.2, 0.25) is 0 Å². The summed E-state index contributed by atoms with van der Waals surface area (Å²) in [6, 6.07) is 13.1. The van der Waals surface area contributed by atoms with E-state index < -0.39 is 23.4 Å². The fourth-order valence-corrected chi connectivity index (χ4v) is 2.77. The number of anilines is 1. The van der Waals surface area contributed by atoms with Gasteiger partial charge in [-0.15, -0.1) is 0 Å². The summed E-state index contributed by atoms with van der Waals surface area (Å²) in [5.74, 6) is -1.24. The third-order valence-electron chi connectivity index (χ3n) is 4.09. The molecule has 1 heterocycles. The summed E-state index contributed by atoms with van der Waals surface area (Å²) in [5, 5.41) is 14.1. The molecule has 0 atom stereocenters. The van der Waals surface area contributed by atoms with Crippen LogP contribution in [0.25, 0.3) is 10.9 Å². The van der Waals surface area contributed by atoms with Gasteiger partial charge < -0.3 is 10.1 Å². The van der Waals surface area contributed by atoms with Crippen LogP contribution >= 0.6 is 0 Å². The molecule has 3 aromatic rings. The van der Waals surface area contributed by atoms with Gasteiger partial charge in [0.05, 0.1) is 16.0 Å². The van der Waals surface area contributed by atoms with E-state index in [1.54, 1.807) is 44.2 Å². The Hall–Kier alpha value is -3.81. The lowest BCUT2D eigenvalue weighted by Gasteiger charge is -2.09. The van der Waals surface area contributed by atoms with Gasteiger partial charge in [-0.25, -0.2) is 4.79 Å². The largest absolute Gasteiger partial charge is 0.452 e. The van der Waals surface area contributed by atoms with Gasteiger partial charge in [0.15, 0.2) is 6.61 Å². The average molecular weight is 379 g/mol. The first-order valence-corrected chi connectivity index (χ1v) is 8.43. The smallest absolute Gasteiger partial charge is 0.339 e. The zero-order valence-corrected chi connectivity index (χ0v) is 15.3. The van der Waals surface area contributed by atoms with E-state index in [-0.39, 0.29) is 11.4 Å². The van der Waals surface area contributed by atoms with Crippen LogP contribution in [0.4, 0.5) is 11.4 Å². The molecule has 0 unspecified atom stereocenters. The van der Waals surface area contributed by atoms with Crippen LogP contribution in [0.15, 0.2) is 48.5 Å². The molecule has 0 aliphatic rings. The first-order valence-electron chi connectivity index (χ1n) is 8.43. The molecule has 0 bridgehead atoms. The van der Waals surface area contributed by atoms with E-state index in [4.69, 9.17) is 4.74 Å². The molecule has 0 saturated heterocycles. The van der Waals surface area contributed by atoms with Crippen molar-refractivity contribution in [2.75, 3.05) is 11.9 Å². The highest BCUT2D eigenvalue weighted by molar-refractivity contribution is 6.04. The Balaban J connectivity index is 1.69. The number of pyridine rings is 1. The highest BCUT2D eigenvalue weighted by Crippen LogP contribution is 2.22. The first kappa shape index (κ1) is 19.0. The van der Waals surface area contributed by atoms with Gasteiger partial charge in [0.1, 0.15) is 0 Å². The summed E-state index contributed by atoms with van der Waals surface area (Å²) < 4.78 is 5.11. The van der Waals surface area contributed by atoms with Gasteiger partial charge in [-0.3, -0.25) is 19.9 Å². The fraction of sp³-hybridized carbons (Fsp3) is 0.150. The summed E-state index contributed by atoms with van der Waals surface area (Å²) in [7, 11) is 0. The van der Waals surface area contributed by atoms with Gasteiger partial charge in [0, 0.05) is 28.4 Å². The van der Waals surface area contributed by atoms with Crippen LogP contribution in [0.2, 0.25) is 0 Å². The number of hydrogen-bond acceptors (Lipinski definition) is 6. The second-order valence-electron chi connectivity index (χ2n) is 6.21. The molecule has 8 nitrogen and oxygen atoms in total. The van der Waals surface area contributed by atoms with E-state index in [1.165, 1.54) is 12.1 Å². The van der Waals surface area contributed by atoms with Crippen molar-refractivity contribution >= 4 is 34.2 Å². The van der Waals surface area contributed by atoms with Gasteiger partial charge >= 0.3 is 5.97 Å². The van der Waals surface area contributed by atoms with Crippen LogP contribution in [0.5, 0.6) is 0 Å². The van der Waals surface area contributed by atoms with E-state index in [1.807, 2.05) is 6.07 Å². The van der Waals surface area contributed by atoms with Crippen LogP contribution in [0.1, 0.15) is 21.6 Å². The van der Waals surface area contributed by atoms with Crippen LogP contribution in [-0.2, 0) is 9.53 Å². The van der Waals surface area contributed by atoms with E-state index in [9.17, 15) is 19.7 Å². The molecule has 1 N–H and O–H groups in total. The number of nitro groups is 1. The Morgan fingerprint density at radius 2 is 1.89 bits per heavy atom. The molecular weight excluding hydrogens is 362 g/mol.